The van der Waals surface area contributed by atoms with Gasteiger partial charge in [-0.05, 0) is 49.9 Å². The fourth-order valence-corrected chi connectivity index (χ4v) is 2.15. The van der Waals surface area contributed by atoms with E-state index in [1.807, 2.05) is 24.3 Å². The van der Waals surface area contributed by atoms with Crippen molar-refractivity contribution in [2.24, 2.45) is 5.92 Å². The van der Waals surface area contributed by atoms with Gasteiger partial charge in [0, 0.05) is 11.7 Å². The first-order valence-corrected chi connectivity index (χ1v) is 6.04. The Balaban J connectivity index is 2.16. The summed E-state index contributed by atoms with van der Waals surface area (Å²) >= 11 is 0. The summed E-state index contributed by atoms with van der Waals surface area (Å²) in [4.78, 5) is 2.18. The molecule has 0 spiro atoms. The van der Waals surface area contributed by atoms with E-state index >= 15 is 0 Å². The molecule has 2 rings (SSSR count). The van der Waals surface area contributed by atoms with E-state index < -0.39 is 0 Å². The molecule has 0 amide bonds. The zero-order valence-electron chi connectivity index (χ0n) is 10.4. The van der Waals surface area contributed by atoms with E-state index in [0.717, 1.165) is 17.4 Å². The van der Waals surface area contributed by atoms with Crippen molar-refractivity contribution in [2.45, 2.75) is 25.8 Å². The van der Waals surface area contributed by atoms with Gasteiger partial charge in [-0.3, -0.25) is 0 Å². The summed E-state index contributed by atoms with van der Waals surface area (Å²) in [5, 5.41) is 8.93. The van der Waals surface area contributed by atoms with Crippen molar-refractivity contribution < 1.29 is 4.74 Å². The highest BCUT2D eigenvalue weighted by molar-refractivity contribution is 5.51. The van der Waals surface area contributed by atoms with E-state index in [2.05, 4.69) is 17.9 Å². The van der Waals surface area contributed by atoms with Crippen molar-refractivity contribution in [3.63, 3.8) is 0 Å². The Bertz CT molecular complexity index is 403. The largest absolute Gasteiger partial charge is 0.497 e. The molecule has 1 aromatic carbocycles. The third kappa shape index (κ3) is 2.71. The number of rotatable bonds is 5. The maximum atomic E-state index is 8.93. The van der Waals surface area contributed by atoms with Gasteiger partial charge >= 0.3 is 0 Å². The van der Waals surface area contributed by atoms with Gasteiger partial charge < -0.3 is 9.64 Å². The molecule has 1 aliphatic carbocycles. The molecule has 1 atom stereocenters. The summed E-state index contributed by atoms with van der Waals surface area (Å²) in [5.41, 5.74) is 1.10. The summed E-state index contributed by atoms with van der Waals surface area (Å²) < 4.78 is 5.15. The molecular weight excluding hydrogens is 212 g/mol. The lowest BCUT2D eigenvalue weighted by Crippen LogP contribution is -2.34. The van der Waals surface area contributed by atoms with Gasteiger partial charge in [-0.1, -0.05) is 0 Å². The van der Waals surface area contributed by atoms with Crippen LogP contribution in [0.15, 0.2) is 24.3 Å². The first kappa shape index (κ1) is 11.8. The first-order valence-electron chi connectivity index (χ1n) is 6.04. The molecule has 0 aliphatic heterocycles. The topological polar surface area (TPSA) is 36.3 Å². The molecule has 0 N–H and O–H groups in total. The average molecular weight is 230 g/mol. The molecule has 0 saturated heterocycles. The second kappa shape index (κ2) is 5.09. The van der Waals surface area contributed by atoms with Crippen molar-refractivity contribution in [3.05, 3.63) is 24.3 Å². The average Bonchev–Trinajstić information content (AvgIpc) is 3.20. The highest BCUT2D eigenvalue weighted by atomic mass is 16.5. The summed E-state index contributed by atoms with van der Waals surface area (Å²) in [6.45, 7) is 2.66. The van der Waals surface area contributed by atoms with E-state index in [9.17, 15) is 0 Å². The molecule has 1 unspecified atom stereocenters. The van der Waals surface area contributed by atoms with Gasteiger partial charge in [0.05, 0.1) is 13.2 Å². The summed E-state index contributed by atoms with van der Waals surface area (Å²) in [5.74, 6) is 1.61. The van der Waals surface area contributed by atoms with Crippen molar-refractivity contribution in [2.75, 3.05) is 18.6 Å². The van der Waals surface area contributed by atoms with Crippen LogP contribution >= 0.6 is 0 Å². The van der Waals surface area contributed by atoms with Gasteiger partial charge in [0.25, 0.3) is 0 Å². The first-order chi connectivity index (χ1) is 8.26. The van der Waals surface area contributed by atoms with Gasteiger partial charge in [0.1, 0.15) is 12.3 Å². The lowest BCUT2D eigenvalue weighted by Gasteiger charge is -2.29. The van der Waals surface area contributed by atoms with Crippen molar-refractivity contribution in [1.82, 2.24) is 0 Å². The van der Waals surface area contributed by atoms with E-state index in [1.54, 1.807) is 7.11 Å². The van der Waals surface area contributed by atoms with Crippen LogP contribution in [0.4, 0.5) is 5.69 Å². The molecule has 0 bridgehead atoms. The number of hydrogen-bond donors (Lipinski definition) is 0. The van der Waals surface area contributed by atoms with Gasteiger partial charge in [0.2, 0.25) is 0 Å². The number of methoxy groups -OCH3 is 1. The molecule has 0 heterocycles. The van der Waals surface area contributed by atoms with E-state index in [1.165, 1.54) is 12.8 Å². The predicted molar refractivity (Wildman–Crippen MR) is 68.1 cm³/mol. The SMILES string of the molecule is COc1ccc(N(CC#N)C(C)C2CC2)cc1. The second-order valence-corrected chi connectivity index (χ2v) is 4.56. The highest BCUT2D eigenvalue weighted by Gasteiger charge is 2.32. The number of nitriles is 1. The molecule has 1 saturated carbocycles. The minimum Gasteiger partial charge on any atom is -0.497 e. The maximum absolute atomic E-state index is 8.93. The molecular formula is C14H18N2O. The molecule has 1 fully saturated rings. The molecule has 1 aromatic rings. The van der Waals surface area contributed by atoms with Crippen LogP contribution in [0.5, 0.6) is 5.75 Å². The van der Waals surface area contributed by atoms with Gasteiger partial charge in [-0.15, -0.1) is 0 Å². The summed E-state index contributed by atoms with van der Waals surface area (Å²) in [6.07, 6.45) is 2.58. The van der Waals surface area contributed by atoms with Crippen molar-refractivity contribution in [1.29, 1.82) is 5.26 Å². The normalized spacial score (nSPS) is 16.1. The van der Waals surface area contributed by atoms with Crippen LogP contribution in [-0.2, 0) is 0 Å². The molecule has 17 heavy (non-hydrogen) atoms. The third-order valence-electron chi connectivity index (χ3n) is 3.44. The van der Waals surface area contributed by atoms with Gasteiger partial charge in [-0.2, -0.15) is 5.26 Å². The molecule has 3 heteroatoms. The fraction of sp³-hybridized carbons (Fsp3) is 0.500. The number of ether oxygens (including phenoxy) is 1. The monoisotopic (exact) mass is 230 g/mol. The molecule has 90 valence electrons. The highest BCUT2D eigenvalue weighted by Crippen LogP contribution is 2.37. The minimum atomic E-state index is 0.447. The zero-order valence-corrected chi connectivity index (χ0v) is 10.4. The number of benzene rings is 1. The van der Waals surface area contributed by atoms with E-state index in [-0.39, 0.29) is 0 Å². The number of hydrogen-bond acceptors (Lipinski definition) is 3. The van der Waals surface area contributed by atoms with Crippen LogP contribution in [0.2, 0.25) is 0 Å². The Morgan fingerprint density at radius 1 is 1.41 bits per heavy atom. The van der Waals surface area contributed by atoms with Crippen molar-refractivity contribution in [3.8, 4) is 11.8 Å². The van der Waals surface area contributed by atoms with Gasteiger partial charge in [-0.25, -0.2) is 0 Å². The van der Waals surface area contributed by atoms with Crippen LogP contribution in [0, 0.1) is 17.2 Å². The lowest BCUT2D eigenvalue weighted by atomic mass is 10.1. The van der Waals surface area contributed by atoms with Crippen LogP contribution in [0.25, 0.3) is 0 Å². The third-order valence-corrected chi connectivity index (χ3v) is 3.44. The van der Waals surface area contributed by atoms with E-state index in [0.29, 0.717) is 12.6 Å². The smallest absolute Gasteiger partial charge is 0.119 e. The van der Waals surface area contributed by atoms with Gasteiger partial charge in [0.15, 0.2) is 0 Å². The van der Waals surface area contributed by atoms with Crippen LogP contribution < -0.4 is 9.64 Å². The Morgan fingerprint density at radius 3 is 2.53 bits per heavy atom. The molecule has 3 nitrogen and oxygen atoms in total. The van der Waals surface area contributed by atoms with E-state index in [4.69, 9.17) is 10.00 Å². The number of nitrogens with zero attached hydrogens (tertiary/aromatic N) is 2. The molecule has 1 aliphatic rings. The second-order valence-electron chi connectivity index (χ2n) is 4.56. The lowest BCUT2D eigenvalue weighted by molar-refractivity contribution is 0.414. The minimum absolute atomic E-state index is 0.447. The summed E-state index contributed by atoms with van der Waals surface area (Å²) in [7, 11) is 1.66. The zero-order chi connectivity index (χ0) is 12.3. The summed E-state index contributed by atoms with van der Waals surface area (Å²) in [6, 6.07) is 10.6. The Kier molecular flexibility index (Phi) is 3.53. The number of anilines is 1. The Labute approximate surface area is 103 Å². The molecule has 0 radical (unpaired) electrons. The van der Waals surface area contributed by atoms with Crippen LogP contribution in [0.3, 0.4) is 0 Å². The van der Waals surface area contributed by atoms with Crippen LogP contribution in [0.1, 0.15) is 19.8 Å². The van der Waals surface area contributed by atoms with Crippen molar-refractivity contribution >= 4 is 5.69 Å². The standard InChI is InChI=1S/C14H18N2O/c1-11(12-3-4-12)16(10-9-15)13-5-7-14(17-2)8-6-13/h5-8,11-12H,3-4,10H2,1-2H3. The maximum Gasteiger partial charge on any atom is 0.119 e. The fourth-order valence-electron chi connectivity index (χ4n) is 2.15. The Hall–Kier alpha value is -1.69. The molecule has 0 aromatic heterocycles. The van der Waals surface area contributed by atoms with Crippen LogP contribution in [-0.4, -0.2) is 19.7 Å². The quantitative estimate of drug-likeness (QED) is 0.730. The Morgan fingerprint density at radius 2 is 2.06 bits per heavy atom. The predicted octanol–water partition coefficient (Wildman–Crippen LogP) is 2.82.